The molecule has 1 aliphatic heterocycles. The van der Waals surface area contributed by atoms with Crippen LogP contribution in [0.15, 0.2) is 54.2 Å². The molecule has 0 radical (unpaired) electrons. The SMILES string of the molecule is CN(C)c1ccc(C=C2NC(=O)c3ccccc3C2=O)cc1. The third-order valence-corrected chi connectivity index (χ3v) is 3.63. The van der Waals surface area contributed by atoms with Crippen LogP contribution in [-0.2, 0) is 0 Å². The molecular formula is C18H16N2O2. The van der Waals surface area contributed by atoms with Crippen molar-refractivity contribution in [2.75, 3.05) is 19.0 Å². The van der Waals surface area contributed by atoms with Gasteiger partial charge in [-0.15, -0.1) is 0 Å². The zero-order valence-corrected chi connectivity index (χ0v) is 12.5. The molecule has 0 atom stereocenters. The smallest absolute Gasteiger partial charge is 0.256 e. The molecule has 1 amide bonds. The predicted molar refractivity (Wildman–Crippen MR) is 87.0 cm³/mol. The number of hydrogen-bond donors (Lipinski definition) is 1. The third kappa shape index (κ3) is 2.51. The number of rotatable bonds is 2. The van der Waals surface area contributed by atoms with Gasteiger partial charge in [0.25, 0.3) is 5.91 Å². The summed E-state index contributed by atoms with van der Waals surface area (Å²) < 4.78 is 0. The number of nitrogens with zero attached hydrogens (tertiary/aromatic N) is 1. The van der Waals surface area contributed by atoms with Gasteiger partial charge in [-0.25, -0.2) is 0 Å². The van der Waals surface area contributed by atoms with Crippen molar-refractivity contribution in [1.29, 1.82) is 0 Å². The van der Waals surface area contributed by atoms with Gasteiger partial charge in [0.1, 0.15) is 0 Å². The highest BCUT2D eigenvalue weighted by Gasteiger charge is 2.26. The molecule has 0 aromatic heterocycles. The molecule has 3 rings (SSSR count). The molecule has 1 N–H and O–H groups in total. The molecule has 0 saturated heterocycles. The van der Waals surface area contributed by atoms with E-state index >= 15 is 0 Å². The molecule has 0 bridgehead atoms. The molecule has 4 nitrogen and oxygen atoms in total. The Labute approximate surface area is 129 Å². The number of fused-ring (bicyclic) bond motifs is 1. The number of carbonyl (C=O) groups is 2. The third-order valence-electron chi connectivity index (χ3n) is 3.63. The van der Waals surface area contributed by atoms with Gasteiger partial charge in [0.2, 0.25) is 5.78 Å². The van der Waals surface area contributed by atoms with Crippen molar-refractivity contribution in [3.63, 3.8) is 0 Å². The highest BCUT2D eigenvalue weighted by Crippen LogP contribution is 2.21. The molecule has 2 aromatic rings. The normalized spacial score (nSPS) is 15.5. The molecule has 0 aliphatic carbocycles. The number of amides is 1. The fourth-order valence-electron chi connectivity index (χ4n) is 2.41. The fraction of sp³-hybridized carbons (Fsp3) is 0.111. The maximum atomic E-state index is 12.5. The quantitative estimate of drug-likeness (QED) is 0.866. The number of benzene rings is 2. The van der Waals surface area contributed by atoms with E-state index in [-0.39, 0.29) is 11.7 Å². The first-order valence-corrected chi connectivity index (χ1v) is 7.00. The molecule has 0 fully saturated rings. The van der Waals surface area contributed by atoms with E-state index in [1.165, 1.54) is 0 Å². The molecule has 4 heteroatoms. The first-order valence-electron chi connectivity index (χ1n) is 7.00. The van der Waals surface area contributed by atoms with Gasteiger partial charge in [-0.3, -0.25) is 9.59 Å². The van der Waals surface area contributed by atoms with E-state index in [2.05, 4.69) is 5.32 Å². The summed E-state index contributed by atoms with van der Waals surface area (Å²) in [6.07, 6.45) is 1.70. The molecule has 22 heavy (non-hydrogen) atoms. The zero-order valence-electron chi connectivity index (χ0n) is 12.5. The minimum atomic E-state index is -0.244. The Hall–Kier alpha value is -2.88. The Kier molecular flexibility index (Phi) is 3.51. The molecule has 1 heterocycles. The number of Topliss-reactive ketones (excluding diaryl/α,β-unsaturated/α-hetero) is 1. The van der Waals surface area contributed by atoms with Crippen molar-refractivity contribution in [2.24, 2.45) is 0 Å². The second kappa shape index (κ2) is 5.48. The standard InChI is InChI=1S/C18H16N2O2/c1-20(2)13-9-7-12(8-10-13)11-16-17(21)14-5-3-4-6-15(14)18(22)19-16/h3-11H,1-2H3,(H,19,22). The van der Waals surface area contributed by atoms with E-state index in [1.54, 1.807) is 30.3 Å². The second-order valence-electron chi connectivity index (χ2n) is 5.37. The Morgan fingerprint density at radius 1 is 0.909 bits per heavy atom. The summed E-state index contributed by atoms with van der Waals surface area (Å²) in [5.41, 5.74) is 3.12. The lowest BCUT2D eigenvalue weighted by atomic mass is 9.96. The van der Waals surface area contributed by atoms with Crippen LogP contribution >= 0.6 is 0 Å². The van der Waals surface area contributed by atoms with E-state index in [4.69, 9.17) is 0 Å². The zero-order chi connectivity index (χ0) is 15.7. The minimum Gasteiger partial charge on any atom is -0.378 e. The van der Waals surface area contributed by atoms with Gasteiger partial charge in [0, 0.05) is 25.3 Å². The molecule has 0 spiro atoms. The van der Waals surface area contributed by atoms with Gasteiger partial charge in [0.15, 0.2) is 0 Å². The van der Waals surface area contributed by atoms with E-state index in [0.717, 1.165) is 11.3 Å². The maximum absolute atomic E-state index is 12.5. The number of hydrogen-bond acceptors (Lipinski definition) is 3. The summed E-state index contributed by atoms with van der Waals surface area (Å²) >= 11 is 0. The summed E-state index contributed by atoms with van der Waals surface area (Å²) in [6.45, 7) is 0. The van der Waals surface area contributed by atoms with Crippen molar-refractivity contribution >= 4 is 23.5 Å². The minimum absolute atomic E-state index is 0.160. The lowest BCUT2D eigenvalue weighted by Gasteiger charge is -2.18. The highest BCUT2D eigenvalue weighted by molar-refractivity contribution is 6.22. The Morgan fingerprint density at radius 3 is 2.18 bits per heavy atom. The molecule has 110 valence electrons. The van der Waals surface area contributed by atoms with Crippen LogP contribution in [0.3, 0.4) is 0 Å². The first kappa shape index (κ1) is 14.1. The molecular weight excluding hydrogens is 276 g/mol. The van der Waals surface area contributed by atoms with E-state index in [0.29, 0.717) is 16.8 Å². The van der Waals surface area contributed by atoms with Crippen LogP contribution in [0.1, 0.15) is 26.3 Å². The monoisotopic (exact) mass is 292 g/mol. The van der Waals surface area contributed by atoms with Gasteiger partial charge < -0.3 is 10.2 Å². The molecule has 0 saturated carbocycles. The van der Waals surface area contributed by atoms with Gasteiger partial charge in [-0.05, 0) is 29.8 Å². The first-order chi connectivity index (χ1) is 10.6. The number of allylic oxidation sites excluding steroid dienone is 1. The highest BCUT2D eigenvalue weighted by atomic mass is 16.2. The van der Waals surface area contributed by atoms with Gasteiger partial charge in [-0.1, -0.05) is 30.3 Å². The van der Waals surface area contributed by atoms with Crippen LogP contribution in [0, 0.1) is 0 Å². The van der Waals surface area contributed by atoms with Crippen molar-refractivity contribution in [1.82, 2.24) is 5.32 Å². The van der Waals surface area contributed by atoms with Crippen LogP contribution in [0.5, 0.6) is 0 Å². The van der Waals surface area contributed by atoms with Crippen molar-refractivity contribution in [3.05, 3.63) is 70.9 Å². The van der Waals surface area contributed by atoms with Crippen LogP contribution in [-0.4, -0.2) is 25.8 Å². The Bertz CT molecular complexity index is 774. The number of carbonyl (C=O) groups excluding carboxylic acids is 2. The average Bonchev–Trinajstić information content (AvgIpc) is 2.53. The molecule has 2 aromatic carbocycles. The van der Waals surface area contributed by atoms with Crippen LogP contribution in [0.4, 0.5) is 5.69 Å². The maximum Gasteiger partial charge on any atom is 0.256 e. The number of anilines is 1. The largest absolute Gasteiger partial charge is 0.378 e. The lowest BCUT2D eigenvalue weighted by molar-refractivity contribution is 0.0910. The van der Waals surface area contributed by atoms with Gasteiger partial charge >= 0.3 is 0 Å². The lowest BCUT2D eigenvalue weighted by Crippen LogP contribution is -2.34. The van der Waals surface area contributed by atoms with Crippen LogP contribution in [0.2, 0.25) is 0 Å². The second-order valence-corrected chi connectivity index (χ2v) is 5.37. The van der Waals surface area contributed by atoms with Crippen molar-refractivity contribution < 1.29 is 9.59 Å². The van der Waals surface area contributed by atoms with Gasteiger partial charge in [0.05, 0.1) is 11.3 Å². The van der Waals surface area contributed by atoms with Crippen molar-refractivity contribution in [3.8, 4) is 0 Å². The summed E-state index contributed by atoms with van der Waals surface area (Å²) in [6, 6.07) is 14.6. The summed E-state index contributed by atoms with van der Waals surface area (Å²) in [5, 5.41) is 2.67. The van der Waals surface area contributed by atoms with E-state index in [9.17, 15) is 9.59 Å². The number of nitrogens with one attached hydrogen (secondary N) is 1. The predicted octanol–water partition coefficient (Wildman–Crippen LogP) is 2.72. The summed E-state index contributed by atoms with van der Waals surface area (Å²) in [7, 11) is 3.94. The Morgan fingerprint density at radius 2 is 1.55 bits per heavy atom. The topological polar surface area (TPSA) is 49.4 Å². The summed E-state index contributed by atoms with van der Waals surface area (Å²) in [4.78, 5) is 26.5. The average molecular weight is 292 g/mol. The fourth-order valence-corrected chi connectivity index (χ4v) is 2.41. The van der Waals surface area contributed by atoms with E-state index < -0.39 is 0 Å². The molecule has 0 unspecified atom stereocenters. The van der Waals surface area contributed by atoms with Crippen LogP contribution < -0.4 is 10.2 Å². The summed E-state index contributed by atoms with van der Waals surface area (Å²) in [5.74, 6) is -0.404. The van der Waals surface area contributed by atoms with Crippen LogP contribution in [0.25, 0.3) is 6.08 Å². The van der Waals surface area contributed by atoms with E-state index in [1.807, 2.05) is 43.3 Å². The molecule has 1 aliphatic rings. The number of ketones is 1. The van der Waals surface area contributed by atoms with Gasteiger partial charge in [-0.2, -0.15) is 0 Å². The van der Waals surface area contributed by atoms with Crippen molar-refractivity contribution in [2.45, 2.75) is 0 Å². The Balaban J connectivity index is 1.96.